The molecule has 1 aliphatic heterocycles. The Morgan fingerprint density at radius 1 is 1.23 bits per heavy atom. The molecule has 1 unspecified atom stereocenters. The van der Waals surface area contributed by atoms with Gasteiger partial charge >= 0.3 is 0 Å². The van der Waals surface area contributed by atoms with Gasteiger partial charge in [-0.15, -0.1) is 0 Å². The summed E-state index contributed by atoms with van der Waals surface area (Å²) >= 11 is 0. The molecule has 6 heteroatoms. The van der Waals surface area contributed by atoms with Crippen molar-refractivity contribution in [3.8, 4) is 5.75 Å². The molecule has 1 aromatic carbocycles. The van der Waals surface area contributed by atoms with E-state index >= 15 is 0 Å². The van der Waals surface area contributed by atoms with Gasteiger partial charge in [-0.1, -0.05) is 12.1 Å². The molecule has 0 saturated carbocycles. The van der Waals surface area contributed by atoms with Gasteiger partial charge in [-0.2, -0.15) is 0 Å². The number of aliphatic hydroxyl groups excluding tert-OH is 1. The smallest absolute Gasteiger partial charge is 0.126 e. The normalized spacial score (nSPS) is 18.3. The third-order valence-corrected chi connectivity index (χ3v) is 3.94. The molecule has 1 saturated heterocycles. The van der Waals surface area contributed by atoms with Crippen LogP contribution in [0.1, 0.15) is 5.56 Å². The second-order valence-electron chi connectivity index (χ2n) is 5.88. The molecule has 22 heavy (non-hydrogen) atoms. The molecule has 1 aliphatic rings. The number of hydrogen-bond donors (Lipinski definition) is 1. The second-order valence-corrected chi connectivity index (χ2v) is 5.88. The predicted molar refractivity (Wildman–Crippen MR) is 80.3 cm³/mol. The van der Waals surface area contributed by atoms with Crippen LogP contribution in [0.25, 0.3) is 0 Å². The second kappa shape index (κ2) is 9.67. The van der Waals surface area contributed by atoms with E-state index in [1.807, 2.05) is 24.3 Å². The molecule has 1 fully saturated rings. The van der Waals surface area contributed by atoms with E-state index in [0.717, 1.165) is 42.1 Å². The largest absolute Gasteiger partial charge is 1.00 e. The Morgan fingerprint density at radius 2 is 1.86 bits per heavy atom. The fourth-order valence-corrected chi connectivity index (χ4v) is 2.56. The molecule has 0 aromatic heterocycles. The van der Waals surface area contributed by atoms with Crippen molar-refractivity contribution in [3.05, 3.63) is 29.8 Å². The highest BCUT2D eigenvalue weighted by molar-refractivity contribution is 5.26. The average molecular weight is 423 g/mol. The molecular formula is C16H26INO4. The average Bonchev–Trinajstić information content (AvgIpc) is 2.48. The molecule has 2 rings (SSSR count). The molecule has 126 valence electrons. The highest BCUT2D eigenvalue weighted by Gasteiger charge is 2.28. The summed E-state index contributed by atoms with van der Waals surface area (Å²) in [5.41, 5.74) is 1.08. The van der Waals surface area contributed by atoms with Gasteiger partial charge in [-0.05, 0) is 17.7 Å². The zero-order chi connectivity index (χ0) is 15.1. The van der Waals surface area contributed by atoms with E-state index < -0.39 is 6.10 Å². The van der Waals surface area contributed by atoms with Gasteiger partial charge in [0.25, 0.3) is 0 Å². The summed E-state index contributed by atoms with van der Waals surface area (Å²) < 4.78 is 16.9. The molecule has 1 heterocycles. The van der Waals surface area contributed by atoms with E-state index in [9.17, 15) is 5.11 Å². The van der Waals surface area contributed by atoms with Crippen molar-refractivity contribution in [1.82, 2.24) is 0 Å². The van der Waals surface area contributed by atoms with Crippen LogP contribution in [-0.4, -0.2) is 69.3 Å². The lowest BCUT2D eigenvalue weighted by Crippen LogP contribution is -3.00. The molecule has 0 radical (unpaired) electrons. The number of halogens is 1. The summed E-state index contributed by atoms with van der Waals surface area (Å²) in [7, 11) is 3.81. The van der Waals surface area contributed by atoms with Crippen LogP contribution in [0, 0.1) is 0 Å². The van der Waals surface area contributed by atoms with E-state index in [1.165, 1.54) is 0 Å². The first-order valence-corrected chi connectivity index (χ1v) is 7.41. The standard InChI is InChI=1S/C16H26NO4.HI/c1-17(7-9-20-10-8-17)11-15(18)13-21-12-14-3-5-16(19-2)6-4-14;/h3-6,15,18H,7-13H2,1-2H3;1H/q+1;/p-1. The van der Waals surface area contributed by atoms with Gasteiger partial charge in [0, 0.05) is 0 Å². The number of benzene rings is 1. The first kappa shape index (κ1) is 19.6. The van der Waals surface area contributed by atoms with Gasteiger partial charge in [0.15, 0.2) is 0 Å². The number of rotatable bonds is 7. The van der Waals surface area contributed by atoms with E-state index in [0.29, 0.717) is 19.8 Å². The van der Waals surface area contributed by atoms with Crippen LogP contribution in [0.3, 0.4) is 0 Å². The summed E-state index contributed by atoms with van der Waals surface area (Å²) in [6.07, 6.45) is -0.439. The summed E-state index contributed by atoms with van der Waals surface area (Å²) in [5, 5.41) is 10.1. The summed E-state index contributed by atoms with van der Waals surface area (Å²) in [4.78, 5) is 0. The Bertz CT molecular complexity index is 421. The number of aliphatic hydroxyl groups is 1. The minimum Gasteiger partial charge on any atom is -1.00 e. The third-order valence-electron chi connectivity index (χ3n) is 3.94. The van der Waals surface area contributed by atoms with Crippen LogP contribution in [0.2, 0.25) is 0 Å². The molecule has 5 nitrogen and oxygen atoms in total. The number of ether oxygens (including phenoxy) is 3. The van der Waals surface area contributed by atoms with Gasteiger partial charge in [0.1, 0.15) is 31.5 Å². The molecule has 1 aromatic rings. The maximum absolute atomic E-state index is 10.1. The lowest BCUT2D eigenvalue weighted by molar-refractivity contribution is -0.919. The zero-order valence-electron chi connectivity index (χ0n) is 13.3. The maximum atomic E-state index is 10.1. The maximum Gasteiger partial charge on any atom is 0.126 e. The fraction of sp³-hybridized carbons (Fsp3) is 0.625. The molecule has 0 aliphatic carbocycles. The summed E-state index contributed by atoms with van der Waals surface area (Å²) in [6, 6.07) is 7.77. The molecule has 0 spiro atoms. The van der Waals surface area contributed by atoms with Crippen molar-refractivity contribution < 1.29 is 47.8 Å². The molecular weight excluding hydrogens is 397 g/mol. The zero-order valence-corrected chi connectivity index (χ0v) is 15.5. The van der Waals surface area contributed by atoms with Gasteiger partial charge in [-0.25, -0.2) is 0 Å². The van der Waals surface area contributed by atoms with Crippen LogP contribution in [0.15, 0.2) is 24.3 Å². The summed E-state index contributed by atoms with van der Waals surface area (Å²) in [6.45, 7) is 5.04. The van der Waals surface area contributed by atoms with Crippen LogP contribution in [-0.2, 0) is 16.1 Å². The van der Waals surface area contributed by atoms with Gasteiger partial charge in [0.2, 0.25) is 0 Å². The van der Waals surface area contributed by atoms with Gasteiger partial charge < -0.3 is 47.8 Å². The monoisotopic (exact) mass is 423 g/mol. The Morgan fingerprint density at radius 3 is 2.45 bits per heavy atom. The lowest BCUT2D eigenvalue weighted by atomic mass is 10.2. The van der Waals surface area contributed by atoms with Crippen molar-refractivity contribution in [3.63, 3.8) is 0 Å². The SMILES string of the molecule is COc1ccc(COCC(O)C[N+]2(C)CCOCC2)cc1.[I-]. The molecule has 1 atom stereocenters. The first-order chi connectivity index (χ1) is 10.1. The fourth-order valence-electron chi connectivity index (χ4n) is 2.56. The third kappa shape index (κ3) is 6.37. The number of morpholine rings is 1. The summed E-state index contributed by atoms with van der Waals surface area (Å²) in [5.74, 6) is 0.837. The van der Waals surface area contributed by atoms with Crippen LogP contribution in [0.5, 0.6) is 5.75 Å². The van der Waals surface area contributed by atoms with Crippen molar-refractivity contribution >= 4 is 0 Å². The Balaban J connectivity index is 0.00000242. The van der Waals surface area contributed by atoms with E-state index in [4.69, 9.17) is 14.2 Å². The van der Waals surface area contributed by atoms with E-state index in [2.05, 4.69) is 7.05 Å². The number of quaternary nitrogens is 1. The Labute approximate surface area is 149 Å². The Kier molecular flexibility index (Phi) is 8.63. The number of likely N-dealkylation sites (N-methyl/N-ethyl adjacent to an activating group) is 1. The molecule has 0 bridgehead atoms. The quantitative estimate of drug-likeness (QED) is 0.410. The minimum atomic E-state index is -0.439. The Hall–Kier alpha value is -0.410. The highest BCUT2D eigenvalue weighted by atomic mass is 127. The predicted octanol–water partition coefficient (Wildman–Crippen LogP) is -1.95. The van der Waals surface area contributed by atoms with Crippen molar-refractivity contribution in [2.45, 2.75) is 12.7 Å². The molecule has 1 N–H and O–H groups in total. The van der Waals surface area contributed by atoms with Crippen molar-refractivity contribution in [2.75, 3.05) is 53.6 Å². The van der Waals surface area contributed by atoms with Crippen molar-refractivity contribution in [1.29, 1.82) is 0 Å². The van der Waals surface area contributed by atoms with Crippen LogP contribution < -0.4 is 28.7 Å². The topological polar surface area (TPSA) is 47.9 Å². The number of hydrogen-bond acceptors (Lipinski definition) is 4. The van der Waals surface area contributed by atoms with E-state index in [-0.39, 0.29) is 24.0 Å². The highest BCUT2D eigenvalue weighted by Crippen LogP contribution is 2.13. The van der Waals surface area contributed by atoms with Crippen molar-refractivity contribution in [2.24, 2.45) is 0 Å². The first-order valence-electron chi connectivity index (χ1n) is 7.41. The van der Waals surface area contributed by atoms with E-state index in [1.54, 1.807) is 7.11 Å². The minimum absolute atomic E-state index is 0. The molecule has 0 amide bonds. The van der Waals surface area contributed by atoms with Gasteiger partial charge in [-0.3, -0.25) is 0 Å². The van der Waals surface area contributed by atoms with Crippen LogP contribution >= 0.6 is 0 Å². The lowest BCUT2D eigenvalue weighted by Gasteiger charge is -2.38. The number of methoxy groups -OCH3 is 1. The van der Waals surface area contributed by atoms with Crippen LogP contribution in [0.4, 0.5) is 0 Å². The van der Waals surface area contributed by atoms with Gasteiger partial charge in [0.05, 0.1) is 40.6 Å². The number of nitrogens with zero attached hydrogens (tertiary/aromatic N) is 1.